The van der Waals surface area contributed by atoms with Crippen LogP contribution >= 0.6 is 0 Å². The van der Waals surface area contributed by atoms with Crippen LogP contribution in [0.15, 0.2) is 36.4 Å². The summed E-state index contributed by atoms with van der Waals surface area (Å²) in [5.74, 6) is 0.0763. The number of benzene rings is 1. The molecule has 102 valence electrons. The van der Waals surface area contributed by atoms with E-state index in [0.29, 0.717) is 13.2 Å². The van der Waals surface area contributed by atoms with Crippen molar-refractivity contribution >= 4 is 5.97 Å². The minimum atomic E-state index is -0.423. The van der Waals surface area contributed by atoms with Crippen LogP contribution in [0, 0.1) is 5.92 Å². The Labute approximate surface area is 113 Å². The molecular weight excluding hydrogens is 244 g/mol. The highest BCUT2D eigenvalue weighted by Crippen LogP contribution is 2.38. The Hall–Kier alpha value is -1.81. The van der Waals surface area contributed by atoms with E-state index >= 15 is 0 Å². The molecule has 4 heteroatoms. The van der Waals surface area contributed by atoms with Crippen molar-refractivity contribution in [3.05, 3.63) is 42.0 Å². The van der Waals surface area contributed by atoms with Crippen LogP contribution in [0.2, 0.25) is 0 Å². The summed E-state index contributed by atoms with van der Waals surface area (Å²) in [5.41, 5.74) is 1.69. The molecule has 1 fully saturated rings. The molecule has 1 aromatic carbocycles. The molecule has 1 heterocycles. The molecule has 19 heavy (non-hydrogen) atoms. The molecule has 0 aliphatic carbocycles. The average Bonchev–Trinajstić information content (AvgIpc) is 2.81. The molecule has 0 unspecified atom stereocenters. The zero-order chi connectivity index (χ0) is 13.8. The molecule has 0 saturated carbocycles. The van der Waals surface area contributed by atoms with E-state index in [1.165, 1.54) is 0 Å². The Kier molecular flexibility index (Phi) is 4.22. The summed E-state index contributed by atoms with van der Waals surface area (Å²) >= 11 is 0. The van der Waals surface area contributed by atoms with Crippen molar-refractivity contribution in [3.8, 4) is 5.75 Å². The zero-order valence-corrected chi connectivity index (χ0v) is 11.2. The maximum absolute atomic E-state index is 12.0. The predicted molar refractivity (Wildman–Crippen MR) is 71.0 cm³/mol. The van der Waals surface area contributed by atoms with Gasteiger partial charge in [-0.25, -0.2) is 0 Å². The summed E-state index contributed by atoms with van der Waals surface area (Å²) in [7, 11) is 1.62. The normalized spacial score (nSPS) is 22.3. The van der Waals surface area contributed by atoms with Gasteiger partial charge in [-0.2, -0.15) is 0 Å². The smallest absolute Gasteiger partial charge is 0.316 e. The van der Waals surface area contributed by atoms with E-state index in [4.69, 9.17) is 14.2 Å². The molecule has 1 aliphatic rings. The number of hydrogen-bond donors (Lipinski definition) is 0. The summed E-state index contributed by atoms with van der Waals surface area (Å²) < 4.78 is 15.9. The van der Waals surface area contributed by atoms with E-state index in [2.05, 4.69) is 6.58 Å². The summed E-state index contributed by atoms with van der Waals surface area (Å²) in [6.45, 7) is 6.44. The van der Waals surface area contributed by atoms with Crippen LogP contribution in [0.3, 0.4) is 0 Å². The van der Waals surface area contributed by atoms with Gasteiger partial charge >= 0.3 is 5.97 Å². The van der Waals surface area contributed by atoms with Crippen LogP contribution in [0.1, 0.15) is 18.6 Å². The molecule has 0 radical (unpaired) electrons. The van der Waals surface area contributed by atoms with Crippen LogP contribution < -0.4 is 4.74 Å². The molecule has 1 aliphatic heterocycles. The van der Waals surface area contributed by atoms with Gasteiger partial charge in [0.15, 0.2) is 0 Å². The molecule has 4 nitrogen and oxygen atoms in total. The standard InChI is InChI=1S/C15H18O4/c1-4-18-15(16)13-10(2)9-19-14(13)11-5-7-12(17-3)8-6-11/h5-8,13-14H,2,4,9H2,1,3H3/t13-,14+/m0/s1. The quantitative estimate of drug-likeness (QED) is 0.618. The fraction of sp³-hybridized carbons (Fsp3) is 0.400. The van der Waals surface area contributed by atoms with E-state index in [9.17, 15) is 4.79 Å². The van der Waals surface area contributed by atoms with Crippen LogP contribution in [0.4, 0.5) is 0 Å². The van der Waals surface area contributed by atoms with E-state index in [-0.39, 0.29) is 12.1 Å². The zero-order valence-electron chi connectivity index (χ0n) is 11.2. The summed E-state index contributed by atoms with van der Waals surface area (Å²) in [6, 6.07) is 7.49. The minimum Gasteiger partial charge on any atom is -0.497 e. The molecule has 2 rings (SSSR count). The van der Waals surface area contributed by atoms with Crippen LogP contribution in [-0.2, 0) is 14.3 Å². The van der Waals surface area contributed by atoms with Gasteiger partial charge in [0, 0.05) is 0 Å². The second kappa shape index (κ2) is 5.89. The van der Waals surface area contributed by atoms with Gasteiger partial charge in [-0.05, 0) is 30.2 Å². The van der Waals surface area contributed by atoms with Gasteiger partial charge in [-0.1, -0.05) is 18.7 Å². The highest BCUT2D eigenvalue weighted by atomic mass is 16.5. The van der Waals surface area contributed by atoms with Gasteiger partial charge in [-0.3, -0.25) is 4.79 Å². The number of carbonyl (C=O) groups excluding carboxylic acids is 1. The van der Waals surface area contributed by atoms with Gasteiger partial charge < -0.3 is 14.2 Å². The topological polar surface area (TPSA) is 44.8 Å². The second-order valence-corrected chi connectivity index (χ2v) is 4.39. The Balaban J connectivity index is 2.21. The van der Waals surface area contributed by atoms with E-state index in [0.717, 1.165) is 16.9 Å². The first-order valence-electron chi connectivity index (χ1n) is 6.27. The van der Waals surface area contributed by atoms with Crippen molar-refractivity contribution in [1.29, 1.82) is 0 Å². The number of methoxy groups -OCH3 is 1. The second-order valence-electron chi connectivity index (χ2n) is 4.39. The molecule has 0 aromatic heterocycles. The van der Waals surface area contributed by atoms with E-state index in [1.54, 1.807) is 14.0 Å². The third-order valence-electron chi connectivity index (χ3n) is 3.18. The first-order valence-corrected chi connectivity index (χ1v) is 6.27. The third kappa shape index (κ3) is 2.79. The fourth-order valence-corrected chi connectivity index (χ4v) is 2.20. The lowest BCUT2D eigenvalue weighted by Gasteiger charge is -2.18. The third-order valence-corrected chi connectivity index (χ3v) is 3.18. The Bertz CT molecular complexity index is 464. The average molecular weight is 262 g/mol. The van der Waals surface area contributed by atoms with Crippen molar-refractivity contribution in [2.45, 2.75) is 13.0 Å². The number of ether oxygens (including phenoxy) is 3. The van der Waals surface area contributed by atoms with Crippen molar-refractivity contribution in [2.24, 2.45) is 5.92 Å². The number of rotatable bonds is 4. The maximum Gasteiger partial charge on any atom is 0.316 e. The summed E-state index contributed by atoms with van der Waals surface area (Å²) in [5, 5.41) is 0. The lowest BCUT2D eigenvalue weighted by molar-refractivity contribution is -0.148. The minimum absolute atomic E-state index is 0.272. The van der Waals surface area contributed by atoms with Crippen LogP contribution in [0.25, 0.3) is 0 Å². The van der Waals surface area contributed by atoms with Gasteiger partial charge in [-0.15, -0.1) is 0 Å². The van der Waals surface area contributed by atoms with E-state index < -0.39 is 5.92 Å². The lowest BCUT2D eigenvalue weighted by Crippen LogP contribution is -2.22. The van der Waals surface area contributed by atoms with Crippen LogP contribution in [0.5, 0.6) is 5.75 Å². The molecule has 0 spiro atoms. The largest absolute Gasteiger partial charge is 0.497 e. The number of carbonyl (C=O) groups is 1. The molecule has 0 N–H and O–H groups in total. The van der Waals surface area contributed by atoms with Gasteiger partial charge in [0.25, 0.3) is 0 Å². The Morgan fingerprint density at radius 2 is 2.11 bits per heavy atom. The van der Waals surface area contributed by atoms with Gasteiger partial charge in [0.1, 0.15) is 17.8 Å². The Morgan fingerprint density at radius 1 is 1.42 bits per heavy atom. The molecule has 0 amide bonds. The lowest BCUT2D eigenvalue weighted by atomic mass is 9.92. The number of esters is 1. The Morgan fingerprint density at radius 3 is 2.68 bits per heavy atom. The monoisotopic (exact) mass is 262 g/mol. The number of hydrogen-bond acceptors (Lipinski definition) is 4. The van der Waals surface area contributed by atoms with Crippen LogP contribution in [-0.4, -0.2) is 26.3 Å². The highest BCUT2D eigenvalue weighted by Gasteiger charge is 2.39. The molecule has 1 saturated heterocycles. The van der Waals surface area contributed by atoms with Crippen molar-refractivity contribution in [3.63, 3.8) is 0 Å². The highest BCUT2D eigenvalue weighted by molar-refractivity contribution is 5.77. The summed E-state index contributed by atoms with van der Waals surface area (Å²) in [4.78, 5) is 12.0. The molecule has 2 atom stereocenters. The summed E-state index contributed by atoms with van der Waals surface area (Å²) in [6.07, 6.45) is -0.322. The van der Waals surface area contributed by atoms with Crippen molar-refractivity contribution < 1.29 is 19.0 Å². The predicted octanol–water partition coefficient (Wildman–Crippen LogP) is 2.50. The van der Waals surface area contributed by atoms with Crippen molar-refractivity contribution in [2.75, 3.05) is 20.3 Å². The SMILES string of the molecule is C=C1CO[C@H](c2ccc(OC)cc2)[C@H]1C(=O)OCC. The van der Waals surface area contributed by atoms with Crippen molar-refractivity contribution in [1.82, 2.24) is 0 Å². The molecular formula is C15H18O4. The van der Waals surface area contributed by atoms with E-state index in [1.807, 2.05) is 24.3 Å². The first kappa shape index (κ1) is 13.6. The van der Waals surface area contributed by atoms with Gasteiger partial charge in [0.05, 0.1) is 20.3 Å². The van der Waals surface area contributed by atoms with Gasteiger partial charge in [0.2, 0.25) is 0 Å². The molecule has 1 aromatic rings. The fourth-order valence-electron chi connectivity index (χ4n) is 2.20. The maximum atomic E-state index is 12.0. The first-order chi connectivity index (χ1) is 9.17. The molecule has 0 bridgehead atoms.